The second kappa shape index (κ2) is 7.61. The SMILES string of the molecule is O=C(Nc1cccc(-c2nc3cc(Cl)ccc3o2)c1)c1cc(Br)ccc1I. The summed E-state index contributed by atoms with van der Waals surface area (Å²) in [6.45, 7) is 0. The molecule has 1 aromatic heterocycles. The molecule has 27 heavy (non-hydrogen) atoms. The van der Waals surface area contributed by atoms with E-state index in [4.69, 9.17) is 16.0 Å². The summed E-state index contributed by atoms with van der Waals surface area (Å²) in [5.41, 5.74) is 3.38. The zero-order chi connectivity index (χ0) is 19.0. The number of benzene rings is 3. The molecule has 1 heterocycles. The van der Waals surface area contributed by atoms with Crippen molar-refractivity contribution in [3.63, 3.8) is 0 Å². The van der Waals surface area contributed by atoms with Gasteiger partial charge in [-0.15, -0.1) is 0 Å². The highest BCUT2D eigenvalue weighted by atomic mass is 127. The van der Waals surface area contributed by atoms with Crippen molar-refractivity contribution in [1.82, 2.24) is 4.98 Å². The minimum atomic E-state index is -0.179. The third-order valence-corrected chi connectivity index (χ3v) is 5.56. The minimum Gasteiger partial charge on any atom is -0.436 e. The van der Waals surface area contributed by atoms with E-state index in [0.29, 0.717) is 33.3 Å². The van der Waals surface area contributed by atoms with Crippen LogP contribution >= 0.6 is 50.1 Å². The van der Waals surface area contributed by atoms with E-state index < -0.39 is 0 Å². The van der Waals surface area contributed by atoms with Gasteiger partial charge in [0.1, 0.15) is 5.52 Å². The third kappa shape index (κ3) is 4.02. The van der Waals surface area contributed by atoms with Gasteiger partial charge in [0.2, 0.25) is 5.89 Å². The Labute approximate surface area is 182 Å². The average Bonchev–Trinajstić information content (AvgIpc) is 3.07. The van der Waals surface area contributed by atoms with Crippen LogP contribution < -0.4 is 5.32 Å². The normalized spacial score (nSPS) is 10.9. The topological polar surface area (TPSA) is 55.1 Å². The van der Waals surface area contributed by atoms with E-state index in [1.54, 1.807) is 24.3 Å². The van der Waals surface area contributed by atoms with Gasteiger partial charge in [0, 0.05) is 24.3 Å². The number of aromatic nitrogens is 1. The summed E-state index contributed by atoms with van der Waals surface area (Å²) in [5, 5.41) is 3.53. The van der Waals surface area contributed by atoms with Crippen molar-refractivity contribution >= 4 is 72.8 Å². The fourth-order valence-electron chi connectivity index (χ4n) is 2.62. The van der Waals surface area contributed by atoms with Crippen molar-refractivity contribution < 1.29 is 9.21 Å². The first-order valence-electron chi connectivity index (χ1n) is 7.92. The average molecular weight is 554 g/mol. The van der Waals surface area contributed by atoms with Crippen LogP contribution in [0.4, 0.5) is 5.69 Å². The lowest BCUT2D eigenvalue weighted by atomic mass is 10.1. The number of oxazole rings is 1. The van der Waals surface area contributed by atoms with Crippen LogP contribution in [0.1, 0.15) is 10.4 Å². The van der Waals surface area contributed by atoms with Crippen molar-refractivity contribution in [2.24, 2.45) is 0 Å². The molecule has 4 aromatic rings. The van der Waals surface area contributed by atoms with E-state index >= 15 is 0 Å². The first kappa shape index (κ1) is 18.5. The molecule has 0 saturated carbocycles. The quantitative estimate of drug-likeness (QED) is 0.285. The second-order valence-electron chi connectivity index (χ2n) is 5.79. The van der Waals surface area contributed by atoms with Gasteiger partial charge in [-0.05, 0) is 77.2 Å². The predicted octanol–water partition coefficient (Wildman–Crippen LogP) is 6.77. The maximum atomic E-state index is 12.6. The van der Waals surface area contributed by atoms with Crippen molar-refractivity contribution in [3.05, 3.63) is 79.3 Å². The van der Waals surface area contributed by atoms with Crippen molar-refractivity contribution in [2.75, 3.05) is 5.32 Å². The molecule has 0 radical (unpaired) electrons. The van der Waals surface area contributed by atoms with Gasteiger partial charge < -0.3 is 9.73 Å². The number of nitrogens with one attached hydrogen (secondary N) is 1. The summed E-state index contributed by atoms with van der Waals surface area (Å²) in [6.07, 6.45) is 0. The van der Waals surface area contributed by atoms with E-state index in [1.165, 1.54) is 0 Å². The van der Waals surface area contributed by atoms with E-state index in [-0.39, 0.29) is 5.91 Å². The van der Waals surface area contributed by atoms with Crippen LogP contribution in [0.2, 0.25) is 5.02 Å². The van der Waals surface area contributed by atoms with E-state index in [9.17, 15) is 4.79 Å². The van der Waals surface area contributed by atoms with E-state index in [0.717, 1.165) is 13.6 Å². The van der Waals surface area contributed by atoms with Crippen LogP contribution in [0.5, 0.6) is 0 Å². The summed E-state index contributed by atoms with van der Waals surface area (Å²) in [6, 6.07) is 18.3. The molecule has 4 rings (SSSR count). The lowest BCUT2D eigenvalue weighted by Crippen LogP contribution is -2.13. The van der Waals surface area contributed by atoms with Crippen molar-refractivity contribution in [1.29, 1.82) is 0 Å². The molecule has 0 spiro atoms. The zero-order valence-corrected chi connectivity index (χ0v) is 18.2. The first-order chi connectivity index (χ1) is 13.0. The fourth-order valence-corrected chi connectivity index (χ4v) is 3.73. The number of carbonyl (C=O) groups is 1. The van der Waals surface area contributed by atoms with Gasteiger partial charge in [0.05, 0.1) is 5.56 Å². The van der Waals surface area contributed by atoms with Crippen LogP contribution in [0.25, 0.3) is 22.6 Å². The maximum absolute atomic E-state index is 12.6. The maximum Gasteiger partial charge on any atom is 0.256 e. The Balaban J connectivity index is 1.63. The summed E-state index contributed by atoms with van der Waals surface area (Å²) < 4.78 is 7.53. The molecule has 0 unspecified atom stereocenters. The molecular formula is C20H11BrClIN2O2. The number of hydrogen-bond acceptors (Lipinski definition) is 3. The lowest BCUT2D eigenvalue weighted by Gasteiger charge is -2.08. The van der Waals surface area contributed by atoms with E-state index in [2.05, 4.69) is 48.8 Å². The van der Waals surface area contributed by atoms with Gasteiger partial charge in [-0.2, -0.15) is 0 Å². The molecule has 1 N–H and O–H groups in total. The standard InChI is InChI=1S/C20H11BrClIN2O2/c21-12-4-6-16(23)15(9-12)19(26)24-14-3-1-2-11(8-14)20-25-17-10-13(22)5-7-18(17)27-20/h1-10H,(H,24,26). The Morgan fingerprint density at radius 1 is 1.11 bits per heavy atom. The number of fused-ring (bicyclic) bond motifs is 1. The second-order valence-corrected chi connectivity index (χ2v) is 8.30. The number of halogens is 3. The monoisotopic (exact) mass is 552 g/mol. The molecule has 0 saturated heterocycles. The van der Waals surface area contributed by atoms with E-state index in [1.807, 2.05) is 36.4 Å². The van der Waals surface area contributed by atoms with Crippen molar-refractivity contribution in [3.8, 4) is 11.5 Å². The Morgan fingerprint density at radius 2 is 1.96 bits per heavy atom. The van der Waals surface area contributed by atoms with Gasteiger partial charge >= 0.3 is 0 Å². The molecule has 0 aliphatic carbocycles. The highest BCUT2D eigenvalue weighted by Gasteiger charge is 2.13. The van der Waals surface area contributed by atoms with Gasteiger partial charge in [-0.1, -0.05) is 33.6 Å². The highest BCUT2D eigenvalue weighted by molar-refractivity contribution is 14.1. The summed E-state index contributed by atoms with van der Waals surface area (Å²) >= 11 is 11.5. The molecule has 7 heteroatoms. The molecule has 0 aliphatic rings. The molecule has 134 valence electrons. The number of rotatable bonds is 3. The lowest BCUT2D eigenvalue weighted by molar-refractivity contribution is 0.102. The van der Waals surface area contributed by atoms with Crippen LogP contribution in [-0.4, -0.2) is 10.9 Å². The number of carbonyl (C=O) groups excluding carboxylic acids is 1. The van der Waals surface area contributed by atoms with Gasteiger partial charge in [0.25, 0.3) is 5.91 Å². The van der Waals surface area contributed by atoms with Crippen LogP contribution in [-0.2, 0) is 0 Å². The molecule has 1 amide bonds. The predicted molar refractivity (Wildman–Crippen MR) is 119 cm³/mol. The molecule has 0 aliphatic heterocycles. The number of anilines is 1. The zero-order valence-electron chi connectivity index (χ0n) is 13.7. The van der Waals surface area contributed by atoms with Gasteiger partial charge in [-0.25, -0.2) is 4.98 Å². The van der Waals surface area contributed by atoms with Crippen LogP contribution in [0, 0.1) is 3.57 Å². The summed E-state index contributed by atoms with van der Waals surface area (Å²) in [4.78, 5) is 17.1. The molecule has 4 nitrogen and oxygen atoms in total. The smallest absolute Gasteiger partial charge is 0.256 e. The highest BCUT2D eigenvalue weighted by Crippen LogP contribution is 2.28. The Hall–Kier alpha value is -1.90. The number of nitrogens with zero attached hydrogens (tertiary/aromatic N) is 1. The molecule has 0 fully saturated rings. The van der Waals surface area contributed by atoms with Crippen molar-refractivity contribution in [2.45, 2.75) is 0 Å². The van der Waals surface area contributed by atoms with Gasteiger partial charge in [0.15, 0.2) is 5.58 Å². The van der Waals surface area contributed by atoms with Crippen LogP contribution in [0.15, 0.2) is 69.6 Å². The molecule has 0 atom stereocenters. The molecule has 3 aromatic carbocycles. The molecular weight excluding hydrogens is 542 g/mol. The Morgan fingerprint density at radius 3 is 2.81 bits per heavy atom. The summed E-state index contributed by atoms with van der Waals surface area (Å²) in [5.74, 6) is 0.294. The Bertz CT molecular complexity index is 1180. The minimum absolute atomic E-state index is 0.179. The summed E-state index contributed by atoms with van der Waals surface area (Å²) in [7, 11) is 0. The van der Waals surface area contributed by atoms with Crippen LogP contribution in [0.3, 0.4) is 0 Å². The number of hydrogen-bond donors (Lipinski definition) is 1. The first-order valence-corrected chi connectivity index (χ1v) is 10.2. The fraction of sp³-hybridized carbons (Fsp3) is 0. The number of amides is 1. The Kier molecular flexibility index (Phi) is 5.21. The third-order valence-electron chi connectivity index (χ3n) is 3.89. The van der Waals surface area contributed by atoms with Gasteiger partial charge in [-0.3, -0.25) is 4.79 Å². The largest absolute Gasteiger partial charge is 0.436 e. The molecule has 0 bridgehead atoms.